The summed E-state index contributed by atoms with van der Waals surface area (Å²) < 4.78 is 1.01. The van der Waals surface area contributed by atoms with Crippen LogP contribution in [-0.2, 0) is 0 Å². The summed E-state index contributed by atoms with van der Waals surface area (Å²) in [5, 5.41) is 12.4. The molecule has 4 aromatic carbocycles. The molecule has 0 aliphatic rings. The first-order valence-corrected chi connectivity index (χ1v) is 10.3. The van der Waals surface area contributed by atoms with Crippen molar-refractivity contribution in [2.45, 2.75) is 0 Å². The summed E-state index contributed by atoms with van der Waals surface area (Å²) in [6.07, 6.45) is 0. The number of hydrogen-bond donors (Lipinski definition) is 0. The van der Waals surface area contributed by atoms with Gasteiger partial charge in [-0.25, -0.2) is 4.98 Å². The lowest BCUT2D eigenvalue weighted by Gasteiger charge is -2.04. The number of rotatable bonds is 4. The fraction of sp³-hybridized carbons (Fsp3) is 0. The van der Waals surface area contributed by atoms with Gasteiger partial charge in [-0.1, -0.05) is 78.9 Å². The third-order valence-electron chi connectivity index (χ3n) is 5.05. The molecule has 0 N–H and O–H groups in total. The first-order valence-electron chi connectivity index (χ1n) is 9.50. The molecule has 1 aromatic heterocycles. The molecule has 5 heteroatoms. The zero-order valence-corrected chi connectivity index (χ0v) is 16.7. The Labute approximate surface area is 177 Å². The van der Waals surface area contributed by atoms with Crippen molar-refractivity contribution in [2.75, 3.05) is 0 Å². The van der Waals surface area contributed by atoms with Gasteiger partial charge in [-0.15, -0.1) is 11.3 Å². The van der Waals surface area contributed by atoms with E-state index < -0.39 is 0 Å². The van der Waals surface area contributed by atoms with E-state index >= 15 is 0 Å². The maximum atomic E-state index is 11.5. The molecule has 0 atom stereocenters. The standard InChI is InChI=1S/C25H16N2O2S/c28-27(29)22-11-5-4-9-20(22)21-10-6-12-23-24(21)26-25(30-23)19-15-13-18(14-16-19)17-7-2-1-3-8-17/h1-16H. The van der Waals surface area contributed by atoms with Crippen LogP contribution in [0.5, 0.6) is 0 Å². The number of aromatic nitrogens is 1. The molecule has 1 heterocycles. The third-order valence-corrected chi connectivity index (χ3v) is 6.12. The first-order chi connectivity index (χ1) is 14.7. The highest BCUT2D eigenvalue weighted by Gasteiger charge is 2.18. The Morgan fingerprint density at radius 2 is 1.30 bits per heavy atom. The van der Waals surface area contributed by atoms with Gasteiger partial charge >= 0.3 is 0 Å². The van der Waals surface area contributed by atoms with Gasteiger partial charge in [0.25, 0.3) is 5.69 Å². The van der Waals surface area contributed by atoms with Crippen molar-refractivity contribution in [1.29, 1.82) is 0 Å². The van der Waals surface area contributed by atoms with Crippen LogP contribution in [0.25, 0.3) is 43.0 Å². The van der Waals surface area contributed by atoms with Crippen LogP contribution in [0, 0.1) is 10.1 Å². The second-order valence-electron chi connectivity index (χ2n) is 6.89. The predicted molar refractivity (Wildman–Crippen MR) is 123 cm³/mol. The van der Waals surface area contributed by atoms with E-state index in [4.69, 9.17) is 4.98 Å². The van der Waals surface area contributed by atoms with Crippen LogP contribution in [0.4, 0.5) is 5.69 Å². The lowest BCUT2D eigenvalue weighted by atomic mass is 10.0. The minimum absolute atomic E-state index is 0.0896. The van der Waals surface area contributed by atoms with Crippen molar-refractivity contribution in [3.05, 3.63) is 107 Å². The summed E-state index contributed by atoms with van der Waals surface area (Å²) >= 11 is 1.59. The van der Waals surface area contributed by atoms with E-state index in [9.17, 15) is 10.1 Å². The fourth-order valence-electron chi connectivity index (χ4n) is 3.59. The van der Waals surface area contributed by atoms with Gasteiger partial charge in [0.15, 0.2) is 0 Å². The number of fused-ring (bicyclic) bond motifs is 1. The van der Waals surface area contributed by atoms with Crippen LogP contribution in [0.1, 0.15) is 0 Å². The van der Waals surface area contributed by atoms with E-state index in [1.165, 1.54) is 11.6 Å². The van der Waals surface area contributed by atoms with Crippen LogP contribution in [0.3, 0.4) is 0 Å². The van der Waals surface area contributed by atoms with Gasteiger partial charge < -0.3 is 0 Å². The second kappa shape index (κ2) is 7.54. The Balaban J connectivity index is 1.59. The summed E-state index contributed by atoms with van der Waals surface area (Å²) in [4.78, 5) is 16.0. The zero-order valence-electron chi connectivity index (χ0n) is 15.9. The fourth-order valence-corrected chi connectivity index (χ4v) is 4.58. The van der Waals surface area contributed by atoms with E-state index in [0.717, 1.165) is 31.9 Å². The summed E-state index contributed by atoms with van der Waals surface area (Å²) in [6, 6.07) is 31.2. The van der Waals surface area contributed by atoms with Gasteiger partial charge in [0.05, 0.1) is 20.7 Å². The van der Waals surface area contributed by atoms with Crippen LogP contribution < -0.4 is 0 Å². The number of nitro groups is 1. The molecule has 0 amide bonds. The largest absolute Gasteiger partial charge is 0.277 e. The van der Waals surface area contributed by atoms with Crippen molar-refractivity contribution in [2.24, 2.45) is 0 Å². The maximum Gasteiger partial charge on any atom is 0.277 e. The van der Waals surface area contributed by atoms with Crippen molar-refractivity contribution < 1.29 is 4.92 Å². The molecule has 0 saturated heterocycles. The Morgan fingerprint density at radius 1 is 0.667 bits per heavy atom. The van der Waals surface area contributed by atoms with Gasteiger partial charge in [0.1, 0.15) is 5.01 Å². The van der Waals surface area contributed by atoms with Crippen molar-refractivity contribution in [1.82, 2.24) is 4.98 Å². The van der Waals surface area contributed by atoms with Gasteiger partial charge in [0, 0.05) is 17.2 Å². The molecule has 4 nitrogen and oxygen atoms in total. The van der Waals surface area contributed by atoms with Crippen LogP contribution >= 0.6 is 11.3 Å². The molecular weight excluding hydrogens is 392 g/mol. The molecule has 5 rings (SSSR count). The normalized spacial score (nSPS) is 10.9. The highest BCUT2D eigenvalue weighted by molar-refractivity contribution is 7.21. The first kappa shape index (κ1) is 18.2. The number of hydrogen-bond acceptors (Lipinski definition) is 4. The maximum absolute atomic E-state index is 11.5. The monoisotopic (exact) mass is 408 g/mol. The number of para-hydroxylation sites is 2. The van der Waals surface area contributed by atoms with E-state index in [1.54, 1.807) is 23.5 Å². The van der Waals surface area contributed by atoms with E-state index in [-0.39, 0.29) is 10.6 Å². The molecule has 5 aromatic rings. The van der Waals surface area contributed by atoms with Crippen molar-refractivity contribution >= 4 is 27.2 Å². The molecule has 0 unspecified atom stereocenters. The minimum Gasteiger partial charge on any atom is -0.258 e. The lowest BCUT2D eigenvalue weighted by Crippen LogP contribution is -1.92. The summed E-state index contributed by atoms with van der Waals surface area (Å²) in [6.45, 7) is 0. The summed E-state index contributed by atoms with van der Waals surface area (Å²) in [5.41, 5.74) is 5.61. The van der Waals surface area contributed by atoms with Gasteiger partial charge in [-0.05, 0) is 23.3 Å². The van der Waals surface area contributed by atoms with E-state index in [2.05, 4.69) is 36.4 Å². The number of nitro benzene ring substituents is 1. The molecule has 0 fully saturated rings. The van der Waals surface area contributed by atoms with Gasteiger partial charge in [-0.2, -0.15) is 0 Å². The molecule has 0 aliphatic carbocycles. The van der Waals surface area contributed by atoms with Gasteiger partial charge in [0.2, 0.25) is 0 Å². The highest BCUT2D eigenvalue weighted by Crippen LogP contribution is 2.39. The number of thiazole rings is 1. The van der Waals surface area contributed by atoms with Crippen LogP contribution in [0.2, 0.25) is 0 Å². The molecule has 0 spiro atoms. The SMILES string of the molecule is O=[N+]([O-])c1ccccc1-c1cccc2sc(-c3ccc(-c4ccccc4)cc3)nc12. The summed E-state index contributed by atoms with van der Waals surface area (Å²) in [7, 11) is 0. The van der Waals surface area contributed by atoms with Crippen LogP contribution in [-0.4, -0.2) is 9.91 Å². The Hall–Kier alpha value is -3.83. The molecule has 30 heavy (non-hydrogen) atoms. The Kier molecular flexibility index (Phi) is 4.58. The van der Waals surface area contributed by atoms with Crippen LogP contribution in [0.15, 0.2) is 97.1 Å². The average molecular weight is 408 g/mol. The topological polar surface area (TPSA) is 56.0 Å². The predicted octanol–water partition coefficient (Wildman–Crippen LogP) is 7.21. The molecular formula is C25H16N2O2S. The zero-order chi connectivity index (χ0) is 20.5. The van der Waals surface area contributed by atoms with Crippen molar-refractivity contribution in [3.8, 4) is 32.8 Å². The lowest BCUT2D eigenvalue weighted by molar-refractivity contribution is -0.384. The Bertz CT molecular complexity index is 1360. The third kappa shape index (κ3) is 3.25. The molecule has 0 radical (unpaired) electrons. The van der Waals surface area contributed by atoms with Gasteiger partial charge in [-0.3, -0.25) is 10.1 Å². The molecule has 144 valence electrons. The number of benzene rings is 4. The molecule has 0 bridgehead atoms. The Morgan fingerprint density at radius 3 is 2.07 bits per heavy atom. The summed E-state index contributed by atoms with van der Waals surface area (Å²) in [5.74, 6) is 0. The van der Waals surface area contributed by atoms with E-state index in [1.807, 2.05) is 42.5 Å². The number of nitrogens with zero attached hydrogens (tertiary/aromatic N) is 2. The van der Waals surface area contributed by atoms with E-state index in [0.29, 0.717) is 5.56 Å². The average Bonchev–Trinajstić information content (AvgIpc) is 3.24. The quantitative estimate of drug-likeness (QED) is 0.233. The second-order valence-corrected chi connectivity index (χ2v) is 7.92. The minimum atomic E-state index is -0.343. The smallest absolute Gasteiger partial charge is 0.258 e. The molecule has 0 aliphatic heterocycles. The highest BCUT2D eigenvalue weighted by atomic mass is 32.1. The molecule has 0 saturated carbocycles. The van der Waals surface area contributed by atoms with Crippen molar-refractivity contribution in [3.63, 3.8) is 0 Å².